The van der Waals surface area contributed by atoms with Crippen LogP contribution in [0.3, 0.4) is 0 Å². The van der Waals surface area contributed by atoms with Crippen molar-refractivity contribution in [2.75, 3.05) is 0 Å². The first-order valence-electron chi connectivity index (χ1n) is 12.8. The molecule has 1 unspecified atom stereocenters. The second kappa shape index (κ2) is 22.0. The van der Waals surface area contributed by atoms with Crippen molar-refractivity contribution in [3.05, 3.63) is 0 Å². The summed E-state index contributed by atoms with van der Waals surface area (Å²) in [5.41, 5.74) is 0. The van der Waals surface area contributed by atoms with Gasteiger partial charge in [0.05, 0.1) is 0 Å². The van der Waals surface area contributed by atoms with E-state index in [9.17, 15) is 4.79 Å². The average molecular weight is 381 g/mol. The third kappa shape index (κ3) is 18.8. The molecule has 0 aliphatic heterocycles. The van der Waals surface area contributed by atoms with Crippen LogP contribution in [-0.2, 0) is 4.79 Å². The molecule has 0 aliphatic rings. The van der Waals surface area contributed by atoms with E-state index in [2.05, 4.69) is 20.8 Å². The normalized spacial score (nSPS) is 12.4. The van der Waals surface area contributed by atoms with Gasteiger partial charge < -0.3 is 0 Å². The highest BCUT2D eigenvalue weighted by atomic mass is 16.1. The molecular weight excluding hydrogens is 328 g/mol. The molecule has 0 aromatic carbocycles. The summed E-state index contributed by atoms with van der Waals surface area (Å²) in [5, 5.41) is 0. The number of carbonyl (C=O) groups is 1. The molecule has 1 heteroatoms. The van der Waals surface area contributed by atoms with Crippen molar-refractivity contribution >= 4 is 5.78 Å². The van der Waals surface area contributed by atoms with Gasteiger partial charge in [0.15, 0.2) is 0 Å². The predicted octanol–water partition coefficient (Wildman–Crippen LogP) is 9.42. The van der Waals surface area contributed by atoms with Crippen molar-refractivity contribution in [3.8, 4) is 0 Å². The van der Waals surface area contributed by atoms with E-state index in [0.717, 1.165) is 25.7 Å². The highest BCUT2D eigenvalue weighted by Crippen LogP contribution is 2.19. The van der Waals surface area contributed by atoms with Crippen LogP contribution >= 0.6 is 0 Å². The second-order valence-corrected chi connectivity index (χ2v) is 8.77. The van der Waals surface area contributed by atoms with Crippen LogP contribution in [0.2, 0.25) is 0 Å². The molecule has 0 aromatic heterocycles. The molecule has 0 aliphatic carbocycles. The standard InChI is InChI=1S/C26H52O/c1-4-7-9-11-12-13-14-15-16-17-18-20-22-24-26(27)25(6-3)23-21-19-10-8-5-2/h25H,4-24H2,1-3H3. The second-order valence-electron chi connectivity index (χ2n) is 8.77. The molecule has 0 saturated carbocycles. The monoisotopic (exact) mass is 380 g/mol. The van der Waals surface area contributed by atoms with Crippen LogP contribution in [0.5, 0.6) is 0 Å². The van der Waals surface area contributed by atoms with Gasteiger partial charge in [0, 0.05) is 12.3 Å². The lowest BCUT2D eigenvalue weighted by Crippen LogP contribution is -2.13. The Hall–Kier alpha value is -0.330. The van der Waals surface area contributed by atoms with Crippen molar-refractivity contribution in [2.45, 2.75) is 156 Å². The Kier molecular flexibility index (Phi) is 21.7. The SMILES string of the molecule is CCCCCCCCCCCCCCCC(=O)C(CC)CCCCCCC. The van der Waals surface area contributed by atoms with E-state index in [-0.39, 0.29) is 0 Å². The number of hydrogen-bond acceptors (Lipinski definition) is 1. The molecule has 0 bridgehead atoms. The van der Waals surface area contributed by atoms with Crippen LogP contribution in [0, 0.1) is 5.92 Å². The van der Waals surface area contributed by atoms with Gasteiger partial charge >= 0.3 is 0 Å². The van der Waals surface area contributed by atoms with Crippen molar-refractivity contribution in [1.82, 2.24) is 0 Å². The largest absolute Gasteiger partial charge is 0.299 e. The Labute approximate surface area is 172 Å². The van der Waals surface area contributed by atoms with Gasteiger partial charge in [-0.05, 0) is 19.3 Å². The van der Waals surface area contributed by atoms with Crippen LogP contribution in [0.25, 0.3) is 0 Å². The molecule has 0 fully saturated rings. The van der Waals surface area contributed by atoms with E-state index in [1.54, 1.807) is 0 Å². The fraction of sp³-hybridized carbons (Fsp3) is 0.962. The first-order valence-corrected chi connectivity index (χ1v) is 12.8. The van der Waals surface area contributed by atoms with Crippen LogP contribution in [-0.4, -0.2) is 5.78 Å². The quantitative estimate of drug-likeness (QED) is 0.171. The molecule has 1 atom stereocenters. The van der Waals surface area contributed by atoms with Crippen LogP contribution < -0.4 is 0 Å². The molecule has 0 radical (unpaired) electrons. The fourth-order valence-corrected chi connectivity index (χ4v) is 4.11. The van der Waals surface area contributed by atoms with Crippen LogP contribution in [0.15, 0.2) is 0 Å². The zero-order chi connectivity index (χ0) is 20.0. The zero-order valence-electron chi connectivity index (χ0n) is 19.3. The van der Waals surface area contributed by atoms with Crippen molar-refractivity contribution in [2.24, 2.45) is 5.92 Å². The van der Waals surface area contributed by atoms with E-state index in [0.29, 0.717) is 11.7 Å². The van der Waals surface area contributed by atoms with Gasteiger partial charge in [-0.2, -0.15) is 0 Å². The maximum atomic E-state index is 12.4. The lowest BCUT2D eigenvalue weighted by molar-refractivity contribution is -0.123. The Bertz CT molecular complexity index is 297. The fourth-order valence-electron chi connectivity index (χ4n) is 4.11. The number of unbranched alkanes of at least 4 members (excludes halogenated alkanes) is 16. The van der Waals surface area contributed by atoms with Gasteiger partial charge in [-0.25, -0.2) is 0 Å². The Morgan fingerprint density at radius 1 is 0.519 bits per heavy atom. The maximum Gasteiger partial charge on any atom is 0.135 e. The van der Waals surface area contributed by atoms with Crippen LogP contribution in [0.1, 0.15) is 156 Å². The smallest absolute Gasteiger partial charge is 0.135 e. The summed E-state index contributed by atoms with van der Waals surface area (Å²) in [7, 11) is 0. The summed E-state index contributed by atoms with van der Waals surface area (Å²) >= 11 is 0. The number of ketones is 1. The minimum Gasteiger partial charge on any atom is -0.299 e. The first-order chi connectivity index (χ1) is 13.3. The first kappa shape index (κ1) is 26.7. The van der Waals surface area contributed by atoms with Gasteiger partial charge in [0.25, 0.3) is 0 Å². The van der Waals surface area contributed by atoms with Gasteiger partial charge in [-0.3, -0.25) is 4.79 Å². The number of rotatable bonds is 22. The minimum atomic E-state index is 0.351. The molecule has 0 amide bonds. The Balaban J connectivity index is 3.40. The molecule has 162 valence electrons. The average Bonchev–Trinajstić information content (AvgIpc) is 2.68. The molecule has 0 aromatic rings. The lowest BCUT2D eigenvalue weighted by Gasteiger charge is -2.13. The molecule has 0 spiro atoms. The Morgan fingerprint density at radius 3 is 1.30 bits per heavy atom. The van der Waals surface area contributed by atoms with E-state index in [1.165, 1.54) is 109 Å². The van der Waals surface area contributed by atoms with E-state index >= 15 is 0 Å². The van der Waals surface area contributed by atoms with Crippen molar-refractivity contribution in [1.29, 1.82) is 0 Å². The molecule has 0 heterocycles. The number of hydrogen-bond donors (Lipinski definition) is 0. The third-order valence-corrected chi connectivity index (χ3v) is 6.13. The lowest BCUT2D eigenvalue weighted by atomic mass is 9.91. The topological polar surface area (TPSA) is 17.1 Å². The molecule has 0 N–H and O–H groups in total. The highest BCUT2D eigenvalue weighted by molar-refractivity contribution is 5.80. The minimum absolute atomic E-state index is 0.351. The van der Waals surface area contributed by atoms with Crippen LogP contribution in [0.4, 0.5) is 0 Å². The summed E-state index contributed by atoms with van der Waals surface area (Å²) in [6.07, 6.45) is 27.5. The van der Waals surface area contributed by atoms with E-state index in [1.807, 2.05) is 0 Å². The van der Waals surface area contributed by atoms with Gasteiger partial charge in [0.1, 0.15) is 5.78 Å². The zero-order valence-corrected chi connectivity index (χ0v) is 19.3. The van der Waals surface area contributed by atoms with Gasteiger partial charge in [-0.15, -0.1) is 0 Å². The Morgan fingerprint density at radius 2 is 0.889 bits per heavy atom. The molecule has 27 heavy (non-hydrogen) atoms. The van der Waals surface area contributed by atoms with Crippen molar-refractivity contribution in [3.63, 3.8) is 0 Å². The number of Topliss-reactive ketones (excluding diaryl/α,β-unsaturated/α-hetero) is 1. The van der Waals surface area contributed by atoms with Gasteiger partial charge in [0.2, 0.25) is 0 Å². The number of carbonyl (C=O) groups excluding carboxylic acids is 1. The molecule has 1 nitrogen and oxygen atoms in total. The summed E-state index contributed by atoms with van der Waals surface area (Å²) < 4.78 is 0. The van der Waals surface area contributed by atoms with E-state index < -0.39 is 0 Å². The summed E-state index contributed by atoms with van der Waals surface area (Å²) in [6, 6.07) is 0. The van der Waals surface area contributed by atoms with E-state index in [4.69, 9.17) is 0 Å². The molecule has 0 rings (SSSR count). The summed E-state index contributed by atoms with van der Waals surface area (Å²) in [5.74, 6) is 0.903. The predicted molar refractivity (Wildman–Crippen MR) is 122 cm³/mol. The molecule has 0 saturated heterocycles. The third-order valence-electron chi connectivity index (χ3n) is 6.13. The molecular formula is C26H52O. The highest BCUT2D eigenvalue weighted by Gasteiger charge is 2.15. The summed E-state index contributed by atoms with van der Waals surface area (Å²) in [4.78, 5) is 12.4. The summed E-state index contributed by atoms with van der Waals surface area (Å²) in [6.45, 7) is 6.74. The van der Waals surface area contributed by atoms with Gasteiger partial charge in [-0.1, -0.05) is 130 Å². The van der Waals surface area contributed by atoms with Crippen molar-refractivity contribution < 1.29 is 4.79 Å². The maximum absolute atomic E-state index is 12.4.